The molecule has 7 heteroatoms. The van der Waals surface area contributed by atoms with Crippen molar-refractivity contribution < 1.29 is 13.2 Å². The molecule has 0 aromatic carbocycles. The van der Waals surface area contributed by atoms with E-state index in [1.165, 1.54) is 23.4 Å². The number of rotatable bonds is 6. The summed E-state index contributed by atoms with van der Waals surface area (Å²) in [5.74, 6) is 0.689. The van der Waals surface area contributed by atoms with Crippen LogP contribution in [0.4, 0.5) is 4.79 Å². The van der Waals surface area contributed by atoms with Crippen molar-refractivity contribution in [2.75, 3.05) is 32.4 Å². The molecular formula is C14H27N3O3S. The Kier molecular flexibility index (Phi) is 5.48. The summed E-state index contributed by atoms with van der Waals surface area (Å²) >= 11 is 0. The number of carbonyl (C=O) groups excluding carboxylic acids is 1. The maximum Gasteiger partial charge on any atom is 0.317 e. The molecule has 6 nitrogen and oxygen atoms in total. The molecule has 1 aliphatic heterocycles. The lowest BCUT2D eigenvalue weighted by Gasteiger charge is -2.32. The van der Waals surface area contributed by atoms with Gasteiger partial charge in [-0.05, 0) is 38.0 Å². The highest BCUT2D eigenvalue weighted by atomic mass is 32.2. The highest BCUT2D eigenvalue weighted by Gasteiger charge is 2.29. The van der Waals surface area contributed by atoms with E-state index in [1.807, 2.05) is 4.90 Å². The second-order valence-corrected chi connectivity index (χ2v) is 8.26. The Balaban J connectivity index is 1.79. The van der Waals surface area contributed by atoms with Gasteiger partial charge in [0.05, 0.1) is 6.26 Å². The van der Waals surface area contributed by atoms with Crippen LogP contribution in [-0.2, 0) is 10.0 Å². The summed E-state index contributed by atoms with van der Waals surface area (Å²) in [5, 5.41) is 3.07. The molecule has 21 heavy (non-hydrogen) atoms. The Morgan fingerprint density at radius 2 is 1.86 bits per heavy atom. The van der Waals surface area contributed by atoms with Crippen molar-refractivity contribution in [3.63, 3.8) is 0 Å². The molecule has 2 aliphatic rings. The van der Waals surface area contributed by atoms with Crippen LogP contribution in [0, 0.1) is 5.92 Å². The number of amides is 2. The third kappa shape index (κ3) is 5.14. The van der Waals surface area contributed by atoms with Crippen molar-refractivity contribution in [3.8, 4) is 0 Å². The fourth-order valence-corrected chi connectivity index (χ4v) is 3.63. The SMILES string of the molecule is CCCN(CC1CC1)C(=O)NC1CCN(S(C)(=O)=O)CC1. The van der Waals surface area contributed by atoms with Crippen molar-refractivity contribution in [1.82, 2.24) is 14.5 Å². The van der Waals surface area contributed by atoms with Gasteiger partial charge in [-0.2, -0.15) is 0 Å². The van der Waals surface area contributed by atoms with Gasteiger partial charge < -0.3 is 10.2 Å². The van der Waals surface area contributed by atoms with E-state index in [9.17, 15) is 13.2 Å². The van der Waals surface area contributed by atoms with Crippen LogP contribution in [0.25, 0.3) is 0 Å². The van der Waals surface area contributed by atoms with Gasteiger partial charge in [0.15, 0.2) is 0 Å². The minimum absolute atomic E-state index is 0.0153. The van der Waals surface area contributed by atoms with Crippen molar-refractivity contribution in [1.29, 1.82) is 0 Å². The molecule has 2 fully saturated rings. The van der Waals surface area contributed by atoms with E-state index in [0.29, 0.717) is 31.8 Å². The smallest absolute Gasteiger partial charge is 0.317 e. The van der Waals surface area contributed by atoms with Crippen molar-refractivity contribution in [3.05, 3.63) is 0 Å². The summed E-state index contributed by atoms with van der Waals surface area (Å²) < 4.78 is 24.4. The van der Waals surface area contributed by atoms with E-state index in [4.69, 9.17) is 0 Å². The van der Waals surface area contributed by atoms with Gasteiger partial charge in [-0.3, -0.25) is 0 Å². The molecule has 0 spiro atoms. The predicted octanol–water partition coefficient (Wildman–Crippen LogP) is 1.24. The first kappa shape index (κ1) is 16.5. The van der Waals surface area contributed by atoms with Gasteiger partial charge in [0.1, 0.15) is 0 Å². The normalized spacial score (nSPS) is 21.2. The Bertz CT molecular complexity index is 454. The Hall–Kier alpha value is -0.820. The number of hydrogen-bond acceptors (Lipinski definition) is 3. The monoisotopic (exact) mass is 317 g/mol. The number of piperidine rings is 1. The standard InChI is InChI=1S/C14H27N3O3S/c1-3-8-16(11-12-4-5-12)14(18)15-13-6-9-17(10-7-13)21(2,19)20/h12-13H,3-11H2,1-2H3,(H,15,18). The molecule has 1 saturated carbocycles. The molecule has 1 aliphatic carbocycles. The second kappa shape index (κ2) is 6.96. The summed E-state index contributed by atoms with van der Waals surface area (Å²) in [6.07, 6.45) is 6.07. The number of carbonyl (C=O) groups is 1. The van der Waals surface area contributed by atoms with Gasteiger partial charge in [0, 0.05) is 32.2 Å². The number of nitrogens with one attached hydrogen (secondary N) is 1. The van der Waals surface area contributed by atoms with Crippen LogP contribution in [0.3, 0.4) is 0 Å². The quantitative estimate of drug-likeness (QED) is 0.801. The van der Waals surface area contributed by atoms with Crippen LogP contribution in [0.1, 0.15) is 39.0 Å². The van der Waals surface area contributed by atoms with Crippen LogP contribution in [-0.4, -0.2) is 62.1 Å². The molecule has 1 N–H and O–H groups in total. The fraction of sp³-hybridized carbons (Fsp3) is 0.929. The third-order valence-corrected chi connectivity index (χ3v) is 5.51. The molecule has 1 heterocycles. The molecule has 2 amide bonds. The van der Waals surface area contributed by atoms with Crippen molar-refractivity contribution in [2.24, 2.45) is 5.92 Å². The van der Waals surface area contributed by atoms with Crippen LogP contribution in [0.5, 0.6) is 0 Å². The third-order valence-electron chi connectivity index (χ3n) is 4.21. The zero-order valence-electron chi connectivity index (χ0n) is 13.0. The van der Waals surface area contributed by atoms with Gasteiger partial charge in [0.2, 0.25) is 10.0 Å². The largest absolute Gasteiger partial charge is 0.335 e. The highest BCUT2D eigenvalue weighted by molar-refractivity contribution is 7.88. The number of hydrogen-bond donors (Lipinski definition) is 1. The second-order valence-electron chi connectivity index (χ2n) is 6.28. The zero-order valence-corrected chi connectivity index (χ0v) is 13.9. The predicted molar refractivity (Wildman–Crippen MR) is 82.6 cm³/mol. The molecule has 122 valence electrons. The van der Waals surface area contributed by atoms with Crippen molar-refractivity contribution >= 4 is 16.1 Å². The molecule has 0 atom stereocenters. The Labute approximate surface area is 127 Å². The summed E-state index contributed by atoms with van der Waals surface area (Å²) in [6.45, 7) is 4.74. The number of sulfonamides is 1. The Morgan fingerprint density at radius 1 is 1.24 bits per heavy atom. The van der Waals surface area contributed by atoms with Crippen molar-refractivity contribution in [2.45, 2.75) is 45.1 Å². The van der Waals surface area contributed by atoms with E-state index in [-0.39, 0.29) is 12.1 Å². The first-order chi connectivity index (χ1) is 9.90. The maximum atomic E-state index is 12.3. The van der Waals surface area contributed by atoms with Gasteiger partial charge >= 0.3 is 6.03 Å². The van der Waals surface area contributed by atoms with E-state index in [1.54, 1.807) is 0 Å². The lowest BCUT2D eigenvalue weighted by atomic mass is 10.1. The van der Waals surface area contributed by atoms with Gasteiger partial charge in [-0.1, -0.05) is 6.92 Å². The average Bonchev–Trinajstić information content (AvgIpc) is 3.22. The lowest BCUT2D eigenvalue weighted by Crippen LogP contribution is -2.50. The first-order valence-corrected chi connectivity index (χ1v) is 9.75. The van der Waals surface area contributed by atoms with E-state index in [2.05, 4.69) is 12.2 Å². The molecule has 1 saturated heterocycles. The minimum atomic E-state index is -3.10. The topological polar surface area (TPSA) is 69.7 Å². The van der Waals surface area contributed by atoms with Gasteiger partial charge in [-0.15, -0.1) is 0 Å². The Morgan fingerprint density at radius 3 is 2.33 bits per heavy atom. The molecule has 2 rings (SSSR count). The highest BCUT2D eigenvalue weighted by Crippen LogP contribution is 2.29. The molecule has 0 radical (unpaired) electrons. The summed E-state index contributed by atoms with van der Waals surface area (Å²) in [7, 11) is -3.10. The molecule has 0 aromatic heterocycles. The zero-order chi connectivity index (χ0) is 15.5. The molecule has 0 aromatic rings. The van der Waals surface area contributed by atoms with E-state index >= 15 is 0 Å². The van der Waals surface area contributed by atoms with Crippen LogP contribution in [0.2, 0.25) is 0 Å². The van der Waals surface area contributed by atoms with Crippen LogP contribution < -0.4 is 5.32 Å². The summed E-state index contributed by atoms with van der Waals surface area (Å²) in [6, 6.07) is 0.107. The molecule has 0 unspecified atom stereocenters. The summed E-state index contributed by atoms with van der Waals surface area (Å²) in [4.78, 5) is 14.2. The maximum absolute atomic E-state index is 12.3. The lowest BCUT2D eigenvalue weighted by molar-refractivity contribution is 0.185. The van der Waals surface area contributed by atoms with Crippen LogP contribution >= 0.6 is 0 Å². The molecular weight excluding hydrogens is 290 g/mol. The average molecular weight is 317 g/mol. The number of nitrogens with zero attached hydrogens (tertiary/aromatic N) is 2. The van der Waals surface area contributed by atoms with E-state index in [0.717, 1.165) is 19.5 Å². The van der Waals surface area contributed by atoms with Gasteiger partial charge in [0.25, 0.3) is 0 Å². The van der Waals surface area contributed by atoms with Gasteiger partial charge in [-0.25, -0.2) is 17.5 Å². The van der Waals surface area contributed by atoms with Crippen LogP contribution in [0.15, 0.2) is 0 Å². The summed E-state index contributed by atoms with van der Waals surface area (Å²) in [5.41, 5.74) is 0. The number of urea groups is 1. The fourth-order valence-electron chi connectivity index (χ4n) is 2.76. The molecule has 0 bridgehead atoms. The van der Waals surface area contributed by atoms with E-state index < -0.39 is 10.0 Å². The minimum Gasteiger partial charge on any atom is -0.335 e. The first-order valence-electron chi connectivity index (χ1n) is 7.90.